The first-order chi connectivity index (χ1) is 21.7. The van der Waals surface area contributed by atoms with E-state index in [-0.39, 0.29) is 11.9 Å². The summed E-state index contributed by atoms with van der Waals surface area (Å²) in [6.07, 6.45) is 0. The fourth-order valence-corrected chi connectivity index (χ4v) is 7.74. The smallest absolute Gasteiger partial charge is 0.407 e. The van der Waals surface area contributed by atoms with Crippen LogP contribution in [-0.4, -0.2) is 22.3 Å². The first kappa shape index (κ1) is 27.7. The molecule has 0 bridgehead atoms. The van der Waals surface area contributed by atoms with Crippen molar-refractivity contribution in [2.45, 2.75) is 16.8 Å². The summed E-state index contributed by atoms with van der Waals surface area (Å²) in [4.78, 5) is 26.9. The van der Waals surface area contributed by atoms with Crippen LogP contribution in [0.2, 0.25) is 0 Å². The van der Waals surface area contributed by atoms with E-state index >= 15 is 0 Å². The van der Waals surface area contributed by atoms with Gasteiger partial charge in [0.15, 0.2) is 5.76 Å². The summed E-state index contributed by atoms with van der Waals surface area (Å²) in [6.45, 7) is 0. The second-order valence-electron chi connectivity index (χ2n) is 10.8. The third-order valence-electron chi connectivity index (χ3n) is 8.20. The van der Waals surface area contributed by atoms with E-state index in [4.69, 9.17) is 4.42 Å². The predicted octanol–water partition coefficient (Wildman–Crippen LogP) is 7.54. The monoisotopic (exact) mass is 594 g/mol. The normalized spacial score (nSPS) is 16.2. The molecule has 1 aliphatic rings. The number of carbonyl (C=O) groups excluding carboxylic acids is 1. The Labute approximate surface area is 260 Å². The van der Waals surface area contributed by atoms with E-state index in [1.807, 2.05) is 78.9 Å². The molecule has 2 heterocycles. The number of hydrogen-bond acceptors (Lipinski definition) is 4. The Hall–Kier alpha value is -5.07. The van der Waals surface area contributed by atoms with Crippen LogP contribution >= 0.6 is 11.8 Å². The Balaban J connectivity index is 1.32. The number of β-lactam (4-membered cyclic amide) rings is 1. The zero-order valence-electron chi connectivity index (χ0n) is 23.9. The molecule has 0 unspecified atom stereocenters. The van der Waals surface area contributed by atoms with Crippen molar-refractivity contribution in [3.8, 4) is 22.6 Å². The Morgan fingerprint density at radius 3 is 1.50 bits per heavy atom. The lowest BCUT2D eigenvalue weighted by atomic mass is 9.84. The number of thioether (sulfide) groups is 1. The zero-order chi connectivity index (χ0) is 29.9. The van der Waals surface area contributed by atoms with Crippen LogP contribution in [0.5, 0.6) is 0 Å². The molecule has 2 atom stereocenters. The second-order valence-corrected chi connectivity index (χ2v) is 12.0. The van der Waals surface area contributed by atoms with Crippen molar-refractivity contribution in [1.29, 1.82) is 0 Å². The Morgan fingerprint density at radius 2 is 1.05 bits per heavy atom. The van der Waals surface area contributed by atoms with E-state index in [1.54, 1.807) is 16.3 Å². The van der Waals surface area contributed by atoms with E-state index < -0.39 is 16.5 Å². The third kappa shape index (κ3) is 4.87. The summed E-state index contributed by atoms with van der Waals surface area (Å²) in [7, 11) is 0. The van der Waals surface area contributed by atoms with Crippen LogP contribution in [0, 0.1) is 0 Å². The molecule has 1 N–H and O–H groups in total. The number of amides is 1. The number of nitrogens with zero attached hydrogens (tertiary/aromatic N) is 1. The zero-order valence-corrected chi connectivity index (χ0v) is 24.7. The molecule has 0 spiro atoms. The van der Waals surface area contributed by atoms with E-state index in [9.17, 15) is 9.59 Å². The van der Waals surface area contributed by atoms with Crippen LogP contribution in [0.1, 0.15) is 22.7 Å². The van der Waals surface area contributed by atoms with Crippen molar-refractivity contribution in [1.82, 2.24) is 9.88 Å². The SMILES string of the molecule is O=C1N[C@H](CSC(c2ccccc2)(c2ccccc2)c2ccccc2)[C@@H]1n1c(-c2ccccc2)c(-c2ccccc2)oc1=O. The highest BCUT2D eigenvalue weighted by atomic mass is 32.2. The van der Waals surface area contributed by atoms with Gasteiger partial charge in [0.1, 0.15) is 6.04 Å². The summed E-state index contributed by atoms with van der Waals surface area (Å²) < 4.78 is 6.92. The molecular weight excluding hydrogens is 564 g/mol. The molecule has 1 amide bonds. The molecule has 216 valence electrons. The van der Waals surface area contributed by atoms with Crippen molar-refractivity contribution in [3.63, 3.8) is 0 Å². The predicted molar refractivity (Wildman–Crippen MR) is 176 cm³/mol. The van der Waals surface area contributed by atoms with Gasteiger partial charge in [0.2, 0.25) is 5.91 Å². The van der Waals surface area contributed by atoms with Crippen LogP contribution in [0.25, 0.3) is 22.6 Å². The minimum Gasteiger partial charge on any atom is -0.407 e. The molecule has 7 rings (SSSR count). The van der Waals surface area contributed by atoms with E-state index in [0.29, 0.717) is 17.2 Å². The molecule has 1 aromatic heterocycles. The number of nitrogens with one attached hydrogen (secondary N) is 1. The molecule has 1 saturated heterocycles. The molecule has 6 heteroatoms. The quantitative estimate of drug-likeness (QED) is 0.139. The van der Waals surface area contributed by atoms with Gasteiger partial charge in [0.25, 0.3) is 0 Å². The third-order valence-corrected chi connectivity index (χ3v) is 9.87. The lowest BCUT2D eigenvalue weighted by Gasteiger charge is -2.41. The standard InChI is InChI=1S/C38H30N2O3S/c41-36-34(40-33(27-16-6-1-7-17-27)35(43-37(40)42)28-18-8-2-9-19-28)32(39-36)26-44-38(29-20-10-3-11-21-29,30-22-12-4-13-23-30)31-24-14-5-15-25-31/h1-25,32,34H,26H2,(H,39,41)/t32-,34+/m1/s1. The van der Waals surface area contributed by atoms with Gasteiger partial charge in [-0.2, -0.15) is 0 Å². The molecule has 44 heavy (non-hydrogen) atoms. The topological polar surface area (TPSA) is 64.2 Å². The number of hydrogen-bond donors (Lipinski definition) is 1. The number of rotatable bonds is 9. The van der Waals surface area contributed by atoms with Gasteiger partial charge >= 0.3 is 5.76 Å². The van der Waals surface area contributed by atoms with E-state index in [2.05, 4.69) is 78.1 Å². The lowest BCUT2D eigenvalue weighted by Crippen LogP contribution is -2.61. The van der Waals surface area contributed by atoms with E-state index in [0.717, 1.165) is 27.8 Å². The van der Waals surface area contributed by atoms with Crippen molar-refractivity contribution in [3.05, 3.63) is 179 Å². The van der Waals surface area contributed by atoms with E-state index in [1.165, 1.54) is 0 Å². The van der Waals surface area contributed by atoms with Gasteiger partial charge < -0.3 is 9.73 Å². The summed E-state index contributed by atoms with van der Waals surface area (Å²) in [5.41, 5.74) is 5.63. The van der Waals surface area contributed by atoms with Crippen LogP contribution in [0.3, 0.4) is 0 Å². The fraction of sp³-hybridized carbons (Fsp3) is 0.105. The molecular formula is C38H30N2O3S. The molecule has 1 aliphatic heterocycles. The maximum Gasteiger partial charge on any atom is 0.420 e. The van der Waals surface area contributed by atoms with Gasteiger partial charge in [-0.25, -0.2) is 4.79 Å². The number of aromatic nitrogens is 1. The van der Waals surface area contributed by atoms with Gasteiger partial charge in [-0.05, 0) is 16.7 Å². The van der Waals surface area contributed by atoms with Crippen molar-refractivity contribution in [2.75, 3.05) is 5.75 Å². The average molecular weight is 595 g/mol. The lowest BCUT2D eigenvalue weighted by molar-refractivity contribution is -0.133. The van der Waals surface area contributed by atoms with Crippen LogP contribution in [0.4, 0.5) is 0 Å². The maximum atomic E-state index is 13.6. The highest BCUT2D eigenvalue weighted by molar-refractivity contribution is 8.00. The summed E-state index contributed by atoms with van der Waals surface area (Å²) in [5.74, 6) is 0.278. The van der Waals surface area contributed by atoms with Crippen LogP contribution in [-0.2, 0) is 9.54 Å². The van der Waals surface area contributed by atoms with Gasteiger partial charge in [0, 0.05) is 16.9 Å². The minimum absolute atomic E-state index is 0.194. The largest absolute Gasteiger partial charge is 0.420 e. The maximum absolute atomic E-state index is 13.6. The summed E-state index contributed by atoms with van der Waals surface area (Å²) >= 11 is 1.76. The number of oxazole rings is 1. The van der Waals surface area contributed by atoms with Crippen LogP contribution in [0.15, 0.2) is 161 Å². The molecule has 0 aliphatic carbocycles. The van der Waals surface area contributed by atoms with Crippen molar-refractivity contribution < 1.29 is 9.21 Å². The summed E-state index contributed by atoms with van der Waals surface area (Å²) in [5, 5.41) is 3.11. The highest BCUT2D eigenvalue weighted by Crippen LogP contribution is 2.49. The van der Waals surface area contributed by atoms with Crippen molar-refractivity contribution >= 4 is 17.7 Å². The second kappa shape index (κ2) is 11.9. The molecule has 5 aromatic carbocycles. The van der Waals surface area contributed by atoms with Crippen LogP contribution < -0.4 is 11.1 Å². The fourth-order valence-electron chi connectivity index (χ4n) is 6.14. The molecule has 0 saturated carbocycles. The van der Waals surface area contributed by atoms with Gasteiger partial charge in [0.05, 0.1) is 16.5 Å². The Morgan fingerprint density at radius 1 is 0.614 bits per heavy atom. The summed E-state index contributed by atoms with van der Waals surface area (Å²) in [6, 6.07) is 49.6. The first-order valence-corrected chi connectivity index (χ1v) is 15.6. The van der Waals surface area contributed by atoms with Crippen molar-refractivity contribution in [2.24, 2.45) is 0 Å². The Bertz CT molecular complexity index is 1830. The minimum atomic E-state index is -0.716. The molecule has 5 nitrogen and oxygen atoms in total. The van der Waals surface area contributed by atoms with Gasteiger partial charge in [-0.1, -0.05) is 152 Å². The molecule has 1 fully saturated rings. The highest BCUT2D eigenvalue weighted by Gasteiger charge is 2.46. The number of carbonyl (C=O) groups is 1. The average Bonchev–Trinajstić information content (AvgIpc) is 3.42. The first-order valence-electron chi connectivity index (χ1n) is 14.6. The Kier molecular flexibility index (Phi) is 7.50. The van der Waals surface area contributed by atoms with Gasteiger partial charge in [-0.15, -0.1) is 11.8 Å². The molecule has 6 aromatic rings. The van der Waals surface area contributed by atoms with Gasteiger partial charge in [-0.3, -0.25) is 9.36 Å². The molecule has 0 radical (unpaired) electrons. The number of benzene rings is 5.